The average Bonchev–Trinajstić information content (AvgIpc) is 2.68. The average molecular weight is 447 g/mol. The number of aromatic carboxylic acids is 1. The molecule has 2 N–H and O–H groups in total. The number of para-hydroxylation sites is 1. The highest BCUT2D eigenvalue weighted by molar-refractivity contribution is 7.92. The van der Waals surface area contributed by atoms with Gasteiger partial charge in [0.1, 0.15) is 0 Å². The van der Waals surface area contributed by atoms with E-state index < -0.39 is 16.0 Å². The van der Waals surface area contributed by atoms with E-state index in [0.717, 1.165) is 6.07 Å². The number of sulfonamides is 1. The summed E-state index contributed by atoms with van der Waals surface area (Å²) in [4.78, 5) is 26.1. The number of ether oxygens (including phenoxy) is 1. The Balaban J connectivity index is 1.97. The lowest BCUT2D eigenvalue weighted by molar-refractivity contribution is -0.0585. The summed E-state index contributed by atoms with van der Waals surface area (Å²) in [7, 11) is -4.14. The van der Waals surface area contributed by atoms with Gasteiger partial charge in [0.05, 0.1) is 33.9 Å². The lowest BCUT2D eigenvalue weighted by Gasteiger charge is -2.35. The lowest BCUT2D eigenvalue weighted by atomic mass is 10.1. The van der Waals surface area contributed by atoms with Gasteiger partial charge in [-0.15, -0.1) is 0 Å². The van der Waals surface area contributed by atoms with Crippen molar-refractivity contribution in [3.63, 3.8) is 0 Å². The van der Waals surface area contributed by atoms with Crippen molar-refractivity contribution in [2.45, 2.75) is 44.8 Å². The largest absolute Gasteiger partial charge is 0.478 e. The third-order valence-corrected chi connectivity index (χ3v) is 6.76. The monoisotopic (exact) mass is 446 g/mol. The molecule has 1 aliphatic rings. The SMILES string of the molecule is Cc1cc(C(=O)O)cc(S(=O)(=O)Nc2ccccc2C(=O)N2CC(C)OC(C)C2)c1C. The van der Waals surface area contributed by atoms with Gasteiger partial charge < -0.3 is 14.7 Å². The molecule has 1 heterocycles. The van der Waals surface area contributed by atoms with Gasteiger partial charge in [0, 0.05) is 13.1 Å². The van der Waals surface area contributed by atoms with Crippen molar-refractivity contribution in [1.29, 1.82) is 0 Å². The molecule has 2 aromatic carbocycles. The van der Waals surface area contributed by atoms with E-state index in [4.69, 9.17) is 4.74 Å². The smallest absolute Gasteiger partial charge is 0.335 e. The van der Waals surface area contributed by atoms with Gasteiger partial charge >= 0.3 is 5.97 Å². The molecule has 166 valence electrons. The van der Waals surface area contributed by atoms with Crippen LogP contribution in [-0.2, 0) is 14.8 Å². The minimum atomic E-state index is -4.14. The number of aryl methyl sites for hydroxylation is 1. The van der Waals surface area contributed by atoms with Crippen LogP contribution in [0.3, 0.4) is 0 Å². The number of hydrogen-bond acceptors (Lipinski definition) is 5. The Hall–Kier alpha value is -2.91. The molecule has 0 saturated carbocycles. The number of rotatable bonds is 5. The van der Waals surface area contributed by atoms with Crippen molar-refractivity contribution in [2.24, 2.45) is 0 Å². The normalized spacial score (nSPS) is 19.2. The van der Waals surface area contributed by atoms with Crippen LogP contribution in [0.25, 0.3) is 0 Å². The van der Waals surface area contributed by atoms with Crippen LogP contribution in [-0.4, -0.2) is 55.6 Å². The van der Waals surface area contributed by atoms with Crippen LogP contribution in [0.2, 0.25) is 0 Å². The molecule has 0 radical (unpaired) electrons. The van der Waals surface area contributed by atoms with Crippen LogP contribution in [0.15, 0.2) is 41.3 Å². The molecule has 3 rings (SSSR count). The van der Waals surface area contributed by atoms with Crippen molar-refractivity contribution in [3.05, 3.63) is 58.7 Å². The maximum Gasteiger partial charge on any atom is 0.335 e. The number of nitrogens with one attached hydrogen (secondary N) is 1. The van der Waals surface area contributed by atoms with Gasteiger partial charge in [-0.3, -0.25) is 9.52 Å². The summed E-state index contributed by atoms with van der Waals surface area (Å²) in [6.07, 6.45) is -0.248. The maximum atomic E-state index is 13.2. The summed E-state index contributed by atoms with van der Waals surface area (Å²) in [6, 6.07) is 8.93. The van der Waals surface area contributed by atoms with Crippen LogP contribution in [0.4, 0.5) is 5.69 Å². The number of amides is 1. The predicted octanol–water partition coefficient (Wildman–Crippen LogP) is 3.05. The first-order valence-corrected chi connectivity index (χ1v) is 11.4. The molecule has 0 aliphatic carbocycles. The Morgan fingerprint density at radius 2 is 1.71 bits per heavy atom. The standard InChI is InChI=1S/C22H26N2O6S/c1-13-9-17(22(26)27)10-20(16(13)4)31(28,29)23-19-8-6-5-7-18(19)21(25)24-11-14(2)30-15(3)12-24/h5-10,14-15,23H,11-12H2,1-4H3,(H,26,27). The minimum Gasteiger partial charge on any atom is -0.478 e. The van der Waals surface area contributed by atoms with Crippen LogP contribution >= 0.6 is 0 Å². The van der Waals surface area contributed by atoms with Gasteiger partial charge in [0.15, 0.2) is 0 Å². The fraction of sp³-hybridized carbons (Fsp3) is 0.364. The lowest BCUT2D eigenvalue weighted by Crippen LogP contribution is -2.48. The van der Waals surface area contributed by atoms with E-state index in [9.17, 15) is 23.1 Å². The molecule has 1 amide bonds. The summed E-state index contributed by atoms with van der Waals surface area (Å²) in [6.45, 7) is 7.84. The molecule has 1 aliphatic heterocycles. The molecule has 2 unspecified atom stereocenters. The molecular weight excluding hydrogens is 420 g/mol. The van der Waals surface area contributed by atoms with E-state index in [-0.39, 0.29) is 39.8 Å². The maximum absolute atomic E-state index is 13.2. The van der Waals surface area contributed by atoms with Crippen molar-refractivity contribution >= 4 is 27.6 Å². The molecule has 0 aromatic heterocycles. The van der Waals surface area contributed by atoms with Crippen molar-refractivity contribution in [2.75, 3.05) is 17.8 Å². The third kappa shape index (κ3) is 4.88. The molecule has 2 aromatic rings. The Morgan fingerprint density at radius 1 is 1.10 bits per heavy atom. The molecule has 0 spiro atoms. The van der Waals surface area contributed by atoms with E-state index >= 15 is 0 Å². The van der Waals surface area contributed by atoms with Crippen molar-refractivity contribution < 1.29 is 27.9 Å². The topological polar surface area (TPSA) is 113 Å². The number of nitrogens with zero attached hydrogens (tertiary/aromatic N) is 1. The molecule has 31 heavy (non-hydrogen) atoms. The molecule has 1 saturated heterocycles. The van der Waals surface area contributed by atoms with Gasteiger partial charge in [-0.25, -0.2) is 13.2 Å². The molecule has 9 heteroatoms. The summed E-state index contributed by atoms with van der Waals surface area (Å²) in [5.41, 5.74) is 1.22. The number of carboxylic acid groups (broad SMARTS) is 1. The second kappa shape index (κ2) is 8.68. The fourth-order valence-electron chi connectivity index (χ4n) is 3.70. The first kappa shape index (κ1) is 22.8. The minimum absolute atomic E-state index is 0.121. The first-order valence-electron chi connectivity index (χ1n) is 9.90. The Bertz CT molecular complexity index is 1120. The fourth-order valence-corrected chi connectivity index (χ4v) is 5.13. The number of morpholine rings is 1. The predicted molar refractivity (Wildman–Crippen MR) is 116 cm³/mol. The summed E-state index contributed by atoms with van der Waals surface area (Å²) in [5.74, 6) is -1.52. The van der Waals surface area contributed by atoms with Crippen LogP contribution in [0.1, 0.15) is 45.7 Å². The van der Waals surface area contributed by atoms with Crippen LogP contribution < -0.4 is 4.72 Å². The zero-order valence-electron chi connectivity index (χ0n) is 17.9. The zero-order chi connectivity index (χ0) is 22.9. The molecule has 0 bridgehead atoms. The van der Waals surface area contributed by atoms with Gasteiger partial charge in [0.2, 0.25) is 0 Å². The highest BCUT2D eigenvalue weighted by Gasteiger charge is 2.29. The third-order valence-electron chi connectivity index (χ3n) is 5.26. The summed E-state index contributed by atoms with van der Waals surface area (Å²) >= 11 is 0. The number of carboxylic acids is 1. The number of anilines is 1. The molecule has 2 atom stereocenters. The Morgan fingerprint density at radius 3 is 2.32 bits per heavy atom. The second-order valence-electron chi connectivity index (χ2n) is 7.84. The number of carbonyl (C=O) groups excluding carboxylic acids is 1. The van der Waals surface area contributed by atoms with E-state index in [0.29, 0.717) is 24.2 Å². The first-order chi connectivity index (χ1) is 14.5. The van der Waals surface area contributed by atoms with Crippen LogP contribution in [0, 0.1) is 13.8 Å². The Labute approximate surface area is 181 Å². The highest BCUT2D eigenvalue weighted by atomic mass is 32.2. The van der Waals surface area contributed by atoms with Crippen molar-refractivity contribution in [1.82, 2.24) is 4.90 Å². The highest BCUT2D eigenvalue weighted by Crippen LogP contribution is 2.26. The van der Waals surface area contributed by atoms with Crippen LogP contribution in [0.5, 0.6) is 0 Å². The van der Waals surface area contributed by atoms with E-state index in [1.807, 2.05) is 13.8 Å². The summed E-state index contributed by atoms with van der Waals surface area (Å²) < 4.78 is 34.5. The van der Waals surface area contributed by atoms with Crippen molar-refractivity contribution in [3.8, 4) is 0 Å². The number of hydrogen-bond donors (Lipinski definition) is 2. The van der Waals surface area contributed by atoms with Gasteiger partial charge in [-0.2, -0.15) is 0 Å². The summed E-state index contributed by atoms with van der Waals surface area (Å²) in [5, 5.41) is 9.31. The number of benzene rings is 2. The number of carbonyl (C=O) groups is 2. The molecular formula is C22H26N2O6S. The van der Waals surface area contributed by atoms with Gasteiger partial charge in [-0.05, 0) is 63.1 Å². The molecule has 1 fully saturated rings. The van der Waals surface area contributed by atoms with E-state index in [2.05, 4.69) is 4.72 Å². The Kier molecular flexibility index (Phi) is 6.38. The van der Waals surface area contributed by atoms with E-state index in [1.165, 1.54) is 12.1 Å². The van der Waals surface area contributed by atoms with E-state index in [1.54, 1.807) is 36.9 Å². The quantitative estimate of drug-likeness (QED) is 0.730. The van der Waals surface area contributed by atoms with Gasteiger partial charge in [0.25, 0.3) is 15.9 Å². The zero-order valence-corrected chi connectivity index (χ0v) is 18.7. The molecule has 8 nitrogen and oxygen atoms in total. The van der Waals surface area contributed by atoms with Gasteiger partial charge in [-0.1, -0.05) is 12.1 Å². The second-order valence-corrected chi connectivity index (χ2v) is 9.49.